The number of carbonyl (C=O) groups is 1. The predicted molar refractivity (Wildman–Crippen MR) is 104 cm³/mol. The molecule has 0 radical (unpaired) electrons. The van der Waals surface area contributed by atoms with E-state index in [0.717, 1.165) is 5.56 Å². The average Bonchev–Trinajstić information content (AvgIpc) is 3.12. The standard InChI is InChI=1S/C20H18F2N2O3S/c1-2-26-17-10-6-4-8-14(17)15-12-28-20(23-15)24-18(25)11-13-7-3-5-9-16(13)27-19(21)22/h3-10,12,19H,2,11H2,1H3,(H,23,24,25). The third kappa shape index (κ3) is 5.04. The van der Waals surface area contributed by atoms with Crippen molar-refractivity contribution < 1.29 is 23.0 Å². The number of thiazole rings is 1. The Morgan fingerprint density at radius 2 is 1.86 bits per heavy atom. The first-order valence-corrected chi connectivity index (χ1v) is 9.45. The molecule has 0 unspecified atom stereocenters. The van der Waals surface area contributed by atoms with Crippen molar-refractivity contribution in [3.05, 3.63) is 59.5 Å². The van der Waals surface area contributed by atoms with E-state index in [0.29, 0.717) is 28.7 Å². The van der Waals surface area contributed by atoms with E-state index in [9.17, 15) is 13.6 Å². The summed E-state index contributed by atoms with van der Waals surface area (Å²) in [4.78, 5) is 16.8. The molecular formula is C20H18F2N2O3S. The van der Waals surface area contributed by atoms with Gasteiger partial charge in [-0.25, -0.2) is 4.98 Å². The van der Waals surface area contributed by atoms with E-state index in [2.05, 4.69) is 15.0 Å². The highest BCUT2D eigenvalue weighted by atomic mass is 32.1. The highest BCUT2D eigenvalue weighted by molar-refractivity contribution is 7.14. The molecule has 0 bridgehead atoms. The molecule has 1 heterocycles. The molecule has 146 valence electrons. The summed E-state index contributed by atoms with van der Waals surface area (Å²) in [5.74, 6) is 0.327. The molecule has 0 saturated carbocycles. The van der Waals surface area contributed by atoms with Gasteiger partial charge in [0, 0.05) is 16.5 Å². The van der Waals surface area contributed by atoms with Crippen LogP contribution >= 0.6 is 11.3 Å². The molecule has 1 N–H and O–H groups in total. The number of aromatic nitrogens is 1. The summed E-state index contributed by atoms with van der Waals surface area (Å²) in [6, 6.07) is 13.7. The Labute approximate surface area is 164 Å². The van der Waals surface area contributed by atoms with E-state index in [-0.39, 0.29) is 18.1 Å². The van der Waals surface area contributed by atoms with Gasteiger partial charge in [-0.05, 0) is 25.1 Å². The number of rotatable bonds is 8. The number of amides is 1. The summed E-state index contributed by atoms with van der Waals surface area (Å²) in [5, 5.41) is 4.93. The molecule has 0 spiro atoms. The summed E-state index contributed by atoms with van der Waals surface area (Å²) >= 11 is 1.28. The zero-order valence-corrected chi connectivity index (χ0v) is 15.8. The van der Waals surface area contributed by atoms with Crippen molar-refractivity contribution in [1.29, 1.82) is 0 Å². The number of halogens is 2. The number of para-hydroxylation sites is 2. The first kappa shape index (κ1) is 19.8. The minimum atomic E-state index is -2.95. The van der Waals surface area contributed by atoms with E-state index in [1.165, 1.54) is 17.4 Å². The van der Waals surface area contributed by atoms with Gasteiger partial charge in [0.2, 0.25) is 5.91 Å². The van der Waals surface area contributed by atoms with Crippen LogP contribution in [-0.2, 0) is 11.2 Å². The number of nitrogens with one attached hydrogen (secondary N) is 1. The molecule has 5 nitrogen and oxygen atoms in total. The number of ether oxygens (including phenoxy) is 2. The molecule has 28 heavy (non-hydrogen) atoms. The summed E-state index contributed by atoms with van der Waals surface area (Å²) in [7, 11) is 0. The van der Waals surface area contributed by atoms with Gasteiger partial charge in [-0.3, -0.25) is 4.79 Å². The van der Waals surface area contributed by atoms with Crippen molar-refractivity contribution in [3.63, 3.8) is 0 Å². The monoisotopic (exact) mass is 404 g/mol. The lowest BCUT2D eigenvalue weighted by atomic mass is 10.1. The van der Waals surface area contributed by atoms with Crippen LogP contribution in [0.5, 0.6) is 11.5 Å². The van der Waals surface area contributed by atoms with Gasteiger partial charge in [-0.15, -0.1) is 11.3 Å². The van der Waals surface area contributed by atoms with Crippen LogP contribution in [0.15, 0.2) is 53.9 Å². The van der Waals surface area contributed by atoms with Crippen LogP contribution in [0.1, 0.15) is 12.5 Å². The number of hydrogen-bond donors (Lipinski definition) is 1. The third-order valence-corrected chi connectivity index (χ3v) is 4.51. The van der Waals surface area contributed by atoms with Gasteiger partial charge < -0.3 is 14.8 Å². The normalized spacial score (nSPS) is 10.7. The van der Waals surface area contributed by atoms with Crippen molar-refractivity contribution in [2.75, 3.05) is 11.9 Å². The van der Waals surface area contributed by atoms with Crippen molar-refractivity contribution in [3.8, 4) is 22.8 Å². The Morgan fingerprint density at radius 1 is 1.14 bits per heavy atom. The Morgan fingerprint density at radius 3 is 2.61 bits per heavy atom. The number of carbonyl (C=O) groups excluding carboxylic acids is 1. The molecule has 0 aliphatic rings. The third-order valence-electron chi connectivity index (χ3n) is 3.75. The highest BCUT2D eigenvalue weighted by Gasteiger charge is 2.15. The zero-order valence-electron chi connectivity index (χ0n) is 15.0. The number of alkyl halides is 2. The van der Waals surface area contributed by atoms with Gasteiger partial charge >= 0.3 is 6.61 Å². The van der Waals surface area contributed by atoms with Gasteiger partial charge in [0.05, 0.1) is 18.7 Å². The van der Waals surface area contributed by atoms with E-state index in [1.54, 1.807) is 18.2 Å². The van der Waals surface area contributed by atoms with Crippen molar-refractivity contribution >= 4 is 22.4 Å². The first-order valence-electron chi connectivity index (χ1n) is 8.57. The summed E-state index contributed by atoms with van der Waals surface area (Å²) in [6.45, 7) is -0.514. The maximum atomic E-state index is 12.5. The largest absolute Gasteiger partial charge is 0.493 e. The van der Waals surface area contributed by atoms with Gasteiger partial charge in [-0.2, -0.15) is 8.78 Å². The van der Waals surface area contributed by atoms with Crippen LogP contribution < -0.4 is 14.8 Å². The average molecular weight is 404 g/mol. The summed E-state index contributed by atoms with van der Waals surface area (Å²) in [5.41, 5.74) is 1.89. The molecule has 0 aliphatic carbocycles. The number of benzene rings is 2. The van der Waals surface area contributed by atoms with Crippen LogP contribution in [-0.4, -0.2) is 24.1 Å². The van der Waals surface area contributed by atoms with Crippen LogP contribution in [0.25, 0.3) is 11.3 Å². The fourth-order valence-electron chi connectivity index (χ4n) is 2.61. The number of hydrogen-bond acceptors (Lipinski definition) is 5. The quantitative estimate of drug-likeness (QED) is 0.575. The van der Waals surface area contributed by atoms with Gasteiger partial charge in [0.25, 0.3) is 0 Å². The van der Waals surface area contributed by atoms with E-state index in [4.69, 9.17) is 4.74 Å². The Balaban J connectivity index is 1.70. The molecule has 0 saturated heterocycles. The molecule has 3 aromatic rings. The Bertz CT molecular complexity index is 946. The zero-order chi connectivity index (χ0) is 19.9. The fraction of sp³-hybridized carbons (Fsp3) is 0.200. The highest BCUT2D eigenvalue weighted by Crippen LogP contribution is 2.32. The van der Waals surface area contributed by atoms with E-state index < -0.39 is 6.61 Å². The summed E-state index contributed by atoms with van der Waals surface area (Å²) < 4.78 is 35.1. The molecular weight excluding hydrogens is 386 g/mol. The van der Waals surface area contributed by atoms with Crippen molar-refractivity contribution in [2.45, 2.75) is 20.0 Å². The maximum absolute atomic E-state index is 12.5. The van der Waals surface area contributed by atoms with Crippen molar-refractivity contribution in [1.82, 2.24) is 4.98 Å². The second-order valence-corrected chi connectivity index (χ2v) is 6.54. The minimum absolute atomic E-state index is 0.0156. The van der Waals surface area contributed by atoms with E-state index >= 15 is 0 Å². The molecule has 3 rings (SSSR count). The predicted octanol–water partition coefficient (Wildman–Crippen LogP) is 4.99. The topological polar surface area (TPSA) is 60.5 Å². The van der Waals surface area contributed by atoms with Gasteiger partial charge in [0.1, 0.15) is 11.5 Å². The molecule has 0 aliphatic heterocycles. The van der Waals surface area contributed by atoms with Crippen LogP contribution in [0, 0.1) is 0 Å². The lowest BCUT2D eigenvalue weighted by molar-refractivity contribution is -0.115. The second kappa shape index (κ2) is 9.27. The SMILES string of the molecule is CCOc1ccccc1-c1csc(NC(=O)Cc2ccccc2OC(F)F)n1. The smallest absolute Gasteiger partial charge is 0.387 e. The molecule has 0 atom stereocenters. The lowest BCUT2D eigenvalue weighted by Gasteiger charge is -2.10. The lowest BCUT2D eigenvalue weighted by Crippen LogP contribution is -2.15. The molecule has 8 heteroatoms. The van der Waals surface area contributed by atoms with Crippen molar-refractivity contribution in [2.24, 2.45) is 0 Å². The van der Waals surface area contributed by atoms with Crippen LogP contribution in [0.4, 0.5) is 13.9 Å². The van der Waals surface area contributed by atoms with Crippen LogP contribution in [0.3, 0.4) is 0 Å². The Hall–Kier alpha value is -3.00. The van der Waals surface area contributed by atoms with Crippen LogP contribution in [0.2, 0.25) is 0 Å². The van der Waals surface area contributed by atoms with E-state index in [1.807, 2.05) is 36.6 Å². The summed E-state index contributed by atoms with van der Waals surface area (Å²) in [6.07, 6.45) is -0.104. The molecule has 1 amide bonds. The number of anilines is 1. The Kier molecular flexibility index (Phi) is 6.54. The second-order valence-electron chi connectivity index (χ2n) is 5.68. The maximum Gasteiger partial charge on any atom is 0.387 e. The number of nitrogens with zero attached hydrogens (tertiary/aromatic N) is 1. The fourth-order valence-corrected chi connectivity index (χ4v) is 3.34. The van der Waals surface area contributed by atoms with Gasteiger partial charge in [-0.1, -0.05) is 30.3 Å². The molecule has 2 aromatic carbocycles. The van der Waals surface area contributed by atoms with Gasteiger partial charge in [0.15, 0.2) is 5.13 Å². The molecule has 1 aromatic heterocycles. The minimum Gasteiger partial charge on any atom is -0.493 e. The molecule has 0 fully saturated rings. The first-order chi connectivity index (χ1) is 13.6.